The Hall–Kier alpha value is -1.49. The van der Waals surface area contributed by atoms with Gasteiger partial charge in [0, 0.05) is 18.8 Å². The van der Waals surface area contributed by atoms with Gasteiger partial charge in [0.25, 0.3) is 0 Å². The topological polar surface area (TPSA) is 66.3 Å². The summed E-state index contributed by atoms with van der Waals surface area (Å²) in [4.78, 5) is 21.3. The van der Waals surface area contributed by atoms with Gasteiger partial charge >= 0.3 is 5.97 Å². The van der Waals surface area contributed by atoms with Crippen LogP contribution in [0.15, 0.2) is 18.5 Å². The number of carboxylic acid groups (broad SMARTS) is 1. The molecular formula is C12H17N3O2. The van der Waals surface area contributed by atoms with Crippen molar-refractivity contribution in [3.05, 3.63) is 24.3 Å². The number of piperidine rings is 1. The standard InChI is InChI=1S/C12H17N3O2/c16-12(17)8-10-2-6-15(7-3-10)9-11-13-4-1-5-14-11/h1,4-5,10H,2-3,6-9H2,(H,16,17). The van der Waals surface area contributed by atoms with Crippen LogP contribution in [0.2, 0.25) is 0 Å². The van der Waals surface area contributed by atoms with Crippen LogP contribution in [-0.2, 0) is 11.3 Å². The normalized spacial score (nSPS) is 18.1. The zero-order chi connectivity index (χ0) is 12.1. The molecule has 5 heteroatoms. The molecule has 5 nitrogen and oxygen atoms in total. The fourth-order valence-corrected chi connectivity index (χ4v) is 2.21. The molecule has 0 bridgehead atoms. The highest BCUT2D eigenvalue weighted by Gasteiger charge is 2.21. The lowest BCUT2D eigenvalue weighted by molar-refractivity contribution is -0.138. The van der Waals surface area contributed by atoms with Gasteiger partial charge in [-0.2, -0.15) is 0 Å². The Morgan fingerprint density at radius 1 is 1.35 bits per heavy atom. The fourth-order valence-electron chi connectivity index (χ4n) is 2.21. The maximum atomic E-state index is 10.6. The largest absolute Gasteiger partial charge is 0.481 e. The molecule has 0 atom stereocenters. The average Bonchev–Trinajstić information content (AvgIpc) is 2.32. The lowest BCUT2D eigenvalue weighted by Crippen LogP contribution is -2.34. The van der Waals surface area contributed by atoms with Gasteiger partial charge in [0.1, 0.15) is 5.82 Å². The molecule has 0 spiro atoms. The predicted octanol–water partition coefficient (Wildman–Crippen LogP) is 1.16. The van der Waals surface area contributed by atoms with Crippen LogP contribution in [0.3, 0.4) is 0 Å². The van der Waals surface area contributed by atoms with E-state index in [1.165, 1.54) is 0 Å². The molecule has 0 aromatic carbocycles. The Balaban J connectivity index is 1.78. The second kappa shape index (κ2) is 5.72. The molecule has 0 radical (unpaired) electrons. The second-order valence-corrected chi connectivity index (χ2v) is 4.48. The van der Waals surface area contributed by atoms with E-state index in [1.54, 1.807) is 12.4 Å². The van der Waals surface area contributed by atoms with Gasteiger partial charge in [-0.05, 0) is 37.9 Å². The number of hydrogen-bond donors (Lipinski definition) is 1. The first kappa shape index (κ1) is 12.0. The van der Waals surface area contributed by atoms with Gasteiger partial charge < -0.3 is 5.11 Å². The van der Waals surface area contributed by atoms with E-state index in [4.69, 9.17) is 5.11 Å². The summed E-state index contributed by atoms with van der Waals surface area (Å²) in [5.74, 6) is 0.486. The summed E-state index contributed by atoms with van der Waals surface area (Å²) >= 11 is 0. The minimum Gasteiger partial charge on any atom is -0.481 e. The Morgan fingerprint density at radius 3 is 2.59 bits per heavy atom. The minimum absolute atomic E-state index is 0.301. The molecule has 2 heterocycles. The highest BCUT2D eigenvalue weighted by atomic mass is 16.4. The molecule has 0 amide bonds. The van der Waals surface area contributed by atoms with Gasteiger partial charge in [-0.25, -0.2) is 9.97 Å². The van der Waals surface area contributed by atoms with Gasteiger partial charge in [-0.3, -0.25) is 9.69 Å². The minimum atomic E-state index is -0.685. The fraction of sp³-hybridized carbons (Fsp3) is 0.583. The molecule has 0 unspecified atom stereocenters. The highest BCUT2D eigenvalue weighted by Crippen LogP contribution is 2.21. The molecule has 1 fully saturated rings. The maximum absolute atomic E-state index is 10.6. The third kappa shape index (κ3) is 3.78. The number of aliphatic carboxylic acids is 1. The molecule has 0 saturated carbocycles. The SMILES string of the molecule is O=C(O)CC1CCN(Cc2ncccn2)CC1. The van der Waals surface area contributed by atoms with Gasteiger partial charge in [0.05, 0.1) is 6.54 Å². The van der Waals surface area contributed by atoms with Crippen LogP contribution in [0.25, 0.3) is 0 Å². The first-order chi connectivity index (χ1) is 8.24. The zero-order valence-electron chi connectivity index (χ0n) is 9.75. The molecule has 92 valence electrons. The molecule has 1 aromatic heterocycles. The van der Waals surface area contributed by atoms with E-state index in [0.29, 0.717) is 12.3 Å². The Labute approximate surface area is 100 Å². The average molecular weight is 235 g/mol. The third-order valence-electron chi connectivity index (χ3n) is 3.15. The summed E-state index contributed by atoms with van der Waals surface area (Å²) in [5.41, 5.74) is 0. The summed E-state index contributed by atoms with van der Waals surface area (Å²) in [7, 11) is 0. The van der Waals surface area contributed by atoms with Crippen molar-refractivity contribution in [1.29, 1.82) is 0 Å². The maximum Gasteiger partial charge on any atom is 0.303 e. The van der Waals surface area contributed by atoms with Crippen LogP contribution >= 0.6 is 0 Å². The summed E-state index contributed by atoms with van der Waals surface area (Å²) in [5, 5.41) is 8.73. The van der Waals surface area contributed by atoms with E-state index in [9.17, 15) is 4.79 Å². The van der Waals surface area contributed by atoms with Crippen LogP contribution in [0.5, 0.6) is 0 Å². The quantitative estimate of drug-likeness (QED) is 0.848. The number of likely N-dealkylation sites (tertiary alicyclic amines) is 1. The molecular weight excluding hydrogens is 218 g/mol. The van der Waals surface area contributed by atoms with Crippen LogP contribution in [0.4, 0.5) is 0 Å². The van der Waals surface area contributed by atoms with E-state index in [2.05, 4.69) is 14.9 Å². The van der Waals surface area contributed by atoms with Crippen molar-refractivity contribution in [2.75, 3.05) is 13.1 Å². The zero-order valence-corrected chi connectivity index (χ0v) is 9.75. The summed E-state index contributed by atoms with van der Waals surface area (Å²) in [6.07, 6.45) is 5.72. The van der Waals surface area contributed by atoms with E-state index < -0.39 is 5.97 Å². The summed E-state index contributed by atoms with van der Waals surface area (Å²) in [6, 6.07) is 1.81. The lowest BCUT2D eigenvalue weighted by atomic mass is 9.94. The van der Waals surface area contributed by atoms with Gasteiger partial charge in [-0.15, -0.1) is 0 Å². The van der Waals surface area contributed by atoms with Crippen LogP contribution in [0, 0.1) is 5.92 Å². The van der Waals surface area contributed by atoms with E-state index in [1.807, 2.05) is 6.07 Å². The smallest absolute Gasteiger partial charge is 0.303 e. The van der Waals surface area contributed by atoms with Crippen molar-refractivity contribution in [3.63, 3.8) is 0 Å². The molecule has 2 rings (SSSR count). The highest BCUT2D eigenvalue weighted by molar-refractivity contribution is 5.67. The third-order valence-corrected chi connectivity index (χ3v) is 3.15. The molecule has 1 aromatic rings. The van der Waals surface area contributed by atoms with Gasteiger partial charge in [0.15, 0.2) is 0 Å². The monoisotopic (exact) mass is 235 g/mol. The molecule has 17 heavy (non-hydrogen) atoms. The molecule has 1 saturated heterocycles. The van der Waals surface area contributed by atoms with E-state index in [0.717, 1.165) is 38.3 Å². The van der Waals surface area contributed by atoms with Crippen molar-refractivity contribution in [1.82, 2.24) is 14.9 Å². The molecule has 0 aliphatic carbocycles. The van der Waals surface area contributed by atoms with Crippen molar-refractivity contribution in [2.24, 2.45) is 5.92 Å². The first-order valence-corrected chi connectivity index (χ1v) is 5.94. The van der Waals surface area contributed by atoms with Crippen LogP contribution in [0.1, 0.15) is 25.1 Å². The van der Waals surface area contributed by atoms with E-state index >= 15 is 0 Å². The molecule has 1 aliphatic rings. The van der Waals surface area contributed by atoms with Crippen molar-refractivity contribution < 1.29 is 9.90 Å². The Morgan fingerprint density at radius 2 is 2.00 bits per heavy atom. The second-order valence-electron chi connectivity index (χ2n) is 4.48. The van der Waals surface area contributed by atoms with Crippen molar-refractivity contribution >= 4 is 5.97 Å². The number of carboxylic acids is 1. The lowest BCUT2D eigenvalue weighted by Gasteiger charge is -2.30. The number of aromatic nitrogens is 2. The first-order valence-electron chi connectivity index (χ1n) is 5.94. The van der Waals surface area contributed by atoms with Crippen LogP contribution in [-0.4, -0.2) is 39.0 Å². The van der Waals surface area contributed by atoms with Crippen molar-refractivity contribution in [2.45, 2.75) is 25.8 Å². The Kier molecular flexibility index (Phi) is 4.03. The van der Waals surface area contributed by atoms with E-state index in [-0.39, 0.29) is 0 Å². The number of rotatable bonds is 4. The summed E-state index contributed by atoms with van der Waals surface area (Å²) in [6.45, 7) is 2.65. The number of carbonyl (C=O) groups is 1. The van der Waals surface area contributed by atoms with Crippen LogP contribution < -0.4 is 0 Å². The molecule has 1 N–H and O–H groups in total. The Bertz CT molecular complexity index is 361. The van der Waals surface area contributed by atoms with Gasteiger partial charge in [-0.1, -0.05) is 0 Å². The summed E-state index contributed by atoms with van der Waals surface area (Å²) < 4.78 is 0. The molecule has 1 aliphatic heterocycles. The van der Waals surface area contributed by atoms with Crippen molar-refractivity contribution in [3.8, 4) is 0 Å². The number of nitrogens with zero attached hydrogens (tertiary/aromatic N) is 3. The predicted molar refractivity (Wildman–Crippen MR) is 62.3 cm³/mol. The van der Waals surface area contributed by atoms with Gasteiger partial charge in [0.2, 0.25) is 0 Å². The number of hydrogen-bond acceptors (Lipinski definition) is 4.